The van der Waals surface area contributed by atoms with Gasteiger partial charge in [0.05, 0.1) is 6.61 Å². The molecular weight excluding hydrogens is 459 g/mol. The zero-order chi connectivity index (χ0) is 23.7. The number of hydrogen-bond acceptors (Lipinski definition) is 7. The van der Waals surface area contributed by atoms with E-state index in [4.69, 9.17) is 14.2 Å². The number of carbonyl (C=O) groups is 1. The lowest BCUT2D eigenvalue weighted by atomic mass is 10.2. The lowest BCUT2D eigenvalue weighted by Crippen LogP contribution is -2.10. The van der Waals surface area contributed by atoms with Crippen LogP contribution < -0.4 is 19.5 Å². The summed E-state index contributed by atoms with van der Waals surface area (Å²) in [4.78, 5) is 12.0. The van der Waals surface area contributed by atoms with Gasteiger partial charge in [0.25, 0.3) is 0 Å². The monoisotopic (exact) mass is 479 g/mol. The summed E-state index contributed by atoms with van der Waals surface area (Å²) in [5.41, 5.74) is 0.634. The maximum absolute atomic E-state index is 12.6. The summed E-state index contributed by atoms with van der Waals surface area (Å²) in [5.74, 6) is 1.10. The molecule has 2 aromatic carbocycles. The van der Waals surface area contributed by atoms with E-state index in [0.717, 1.165) is 5.75 Å². The molecule has 7 nitrogen and oxygen atoms in total. The van der Waals surface area contributed by atoms with Gasteiger partial charge in [-0.1, -0.05) is 35.6 Å². The molecule has 0 saturated heterocycles. The van der Waals surface area contributed by atoms with Crippen LogP contribution in [-0.4, -0.2) is 35.9 Å². The zero-order valence-corrected chi connectivity index (χ0v) is 18.3. The Morgan fingerprint density at radius 3 is 2.48 bits per heavy atom. The van der Waals surface area contributed by atoms with Gasteiger partial charge in [-0.2, -0.15) is 13.2 Å². The van der Waals surface area contributed by atoms with Crippen LogP contribution in [0.4, 0.5) is 18.3 Å². The van der Waals surface area contributed by atoms with E-state index >= 15 is 0 Å². The van der Waals surface area contributed by atoms with Gasteiger partial charge in [-0.25, -0.2) is 0 Å². The van der Waals surface area contributed by atoms with Crippen molar-refractivity contribution < 1.29 is 32.2 Å². The van der Waals surface area contributed by atoms with Gasteiger partial charge < -0.3 is 14.2 Å². The first kappa shape index (κ1) is 24.1. The quantitative estimate of drug-likeness (QED) is 0.323. The van der Waals surface area contributed by atoms with Gasteiger partial charge in [-0.05, 0) is 42.8 Å². The molecule has 1 amide bonds. The third-order valence-electron chi connectivity index (χ3n) is 3.95. The van der Waals surface area contributed by atoms with Gasteiger partial charge in [0.2, 0.25) is 16.0 Å². The molecule has 0 fully saturated rings. The van der Waals surface area contributed by atoms with Gasteiger partial charge in [-0.15, -0.1) is 10.2 Å². The SMILES string of the molecule is CCOc1cc(/C=C/C(=O)Nc2nnc(C(F)(F)F)s2)ccc1OCCOc1ccccc1. The molecule has 0 radical (unpaired) electrons. The third kappa shape index (κ3) is 7.49. The number of nitrogens with one attached hydrogen (secondary N) is 1. The Hall–Kier alpha value is -3.60. The fraction of sp³-hybridized carbons (Fsp3) is 0.227. The molecule has 3 rings (SSSR count). The van der Waals surface area contributed by atoms with Crippen molar-refractivity contribution in [2.45, 2.75) is 13.1 Å². The van der Waals surface area contributed by atoms with Crippen LogP contribution in [0.15, 0.2) is 54.6 Å². The minimum Gasteiger partial charge on any atom is -0.490 e. The van der Waals surface area contributed by atoms with E-state index in [0.29, 0.717) is 36.9 Å². The summed E-state index contributed by atoms with van der Waals surface area (Å²) >= 11 is 0.249. The third-order valence-corrected chi connectivity index (χ3v) is 4.83. The van der Waals surface area contributed by atoms with Crippen LogP contribution in [0.3, 0.4) is 0 Å². The molecule has 1 heterocycles. The topological polar surface area (TPSA) is 82.6 Å². The van der Waals surface area contributed by atoms with E-state index in [9.17, 15) is 18.0 Å². The number of halogens is 3. The number of ether oxygens (including phenoxy) is 3. The number of alkyl halides is 3. The van der Waals surface area contributed by atoms with E-state index in [1.54, 1.807) is 18.2 Å². The highest BCUT2D eigenvalue weighted by molar-refractivity contribution is 7.15. The second-order valence-corrected chi connectivity index (χ2v) is 7.36. The summed E-state index contributed by atoms with van der Waals surface area (Å²) in [5, 5.41) is 7.21. The standard InChI is InChI=1S/C22H20F3N3O4S/c1-2-30-18-14-15(8-10-17(18)32-13-12-31-16-6-4-3-5-7-16)9-11-19(29)26-21-28-27-20(33-21)22(23,24)25/h3-11,14H,2,12-13H2,1H3,(H,26,28,29)/b11-9+. The van der Waals surface area contributed by atoms with Crippen molar-refractivity contribution in [3.63, 3.8) is 0 Å². The number of hydrogen-bond donors (Lipinski definition) is 1. The van der Waals surface area contributed by atoms with Crippen molar-refractivity contribution in [1.29, 1.82) is 0 Å². The summed E-state index contributed by atoms with van der Waals surface area (Å²) in [6.07, 6.45) is -1.94. The van der Waals surface area contributed by atoms with E-state index in [1.807, 2.05) is 37.3 Å². The fourth-order valence-electron chi connectivity index (χ4n) is 2.55. The predicted octanol–water partition coefficient (Wildman–Crippen LogP) is 5.07. The van der Waals surface area contributed by atoms with Gasteiger partial charge in [-0.3, -0.25) is 10.1 Å². The number of anilines is 1. The smallest absolute Gasteiger partial charge is 0.445 e. The molecule has 0 spiro atoms. The summed E-state index contributed by atoms with van der Waals surface area (Å²) in [6, 6.07) is 14.5. The van der Waals surface area contributed by atoms with Gasteiger partial charge >= 0.3 is 6.18 Å². The first-order valence-corrected chi connectivity index (χ1v) is 10.6. The van der Waals surface area contributed by atoms with Crippen molar-refractivity contribution in [1.82, 2.24) is 10.2 Å². The Kier molecular flexibility index (Phi) is 8.25. The number of carbonyl (C=O) groups excluding carboxylic acids is 1. The second-order valence-electron chi connectivity index (χ2n) is 6.38. The maximum atomic E-state index is 12.6. The molecule has 0 aliphatic rings. The molecule has 3 aromatic rings. The van der Waals surface area contributed by atoms with Gasteiger partial charge in [0.1, 0.15) is 19.0 Å². The van der Waals surface area contributed by atoms with Crippen LogP contribution in [0.1, 0.15) is 17.5 Å². The highest BCUT2D eigenvalue weighted by Crippen LogP contribution is 2.33. The molecule has 11 heteroatoms. The minimum absolute atomic E-state index is 0.242. The molecule has 0 saturated carbocycles. The molecule has 174 valence electrons. The van der Waals surface area contributed by atoms with Crippen LogP contribution in [0, 0.1) is 0 Å². The van der Waals surface area contributed by atoms with E-state index in [-0.39, 0.29) is 16.5 Å². The molecule has 0 atom stereocenters. The average molecular weight is 479 g/mol. The Bertz CT molecular complexity index is 1090. The van der Waals surface area contributed by atoms with Crippen LogP contribution >= 0.6 is 11.3 Å². The predicted molar refractivity (Wildman–Crippen MR) is 118 cm³/mol. The van der Waals surface area contributed by atoms with E-state index in [2.05, 4.69) is 15.5 Å². The molecular formula is C22H20F3N3O4S. The van der Waals surface area contributed by atoms with Crippen LogP contribution in [0.5, 0.6) is 17.2 Å². The molecule has 33 heavy (non-hydrogen) atoms. The molecule has 0 bridgehead atoms. The molecule has 1 aromatic heterocycles. The van der Waals surface area contributed by atoms with Crippen molar-refractivity contribution in [2.75, 3.05) is 25.1 Å². The van der Waals surface area contributed by atoms with Gasteiger partial charge in [0.15, 0.2) is 11.5 Å². The average Bonchev–Trinajstić information content (AvgIpc) is 3.26. The van der Waals surface area contributed by atoms with Crippen LogP contribution in [-0.2, 0) is 11.0 Å². The summed E-state index contributed by atoms with van der Waals surface area (Å²) < 4.78 is 54.6. The Morgan fingerprint density at radius 2 is 1.79 bits per heavy atom. The highest BCUT2D eigenvalue weighted by atomic mass is 32.1. The number of amides is 1. The largest absolute Gasteiger partial charge is 0.490 e. The highest BCUT2D eigenvalue weighted by Gasteiger charge is 2.35. The minimum atomic E-state index is -4.61. The number of para-hydroxylation sites is 1. The van der Waals surface area contributed by atoms with Crippen molar-refractivity contribution in [2.24, 2.45) is 0 Å². The number of nitrogens with zero attached hydrogens (tertiary/aromatic N) is 2. The number of rotatable bonds is 10. The molecule has 0 aliphatic carbocycles. The Balaban J connectivity index is 1.56. The Labute approximate surface area is 191 Å². The van der Waals surface area contributed by atoms with E-state index in [1.165, 1.54) is 12.2 Å². The first-order valence-electron chi connectivity index (χ1n) is 9.82. The zero-order valence-electron chi connectivity index (χ0n) is 17.5. The lowest BCUT2D eigenvalue weighted by molar-refractivity contribution is -0.138. The lowest BCUT2D eigenvalue weighted by Gasteiger charge is -2.13. The summed E-state index contributed by atoms with van der Waals surface area (Å²) in [6.45, 7) is 2.88. The number of aromatic nitrogens is 2. The fourth-order valence-corrected chi connectivity index (χ4v) is 3.16. The van der Waals surface area contributed by atoms with Crippen molar-refractivity contribution in [3.05, 3.63) is 65.2 Å². The molecule has 0 aliphatic heterocycles. The molecule has 1 N–H and O–H groups in total. The van der Waals surface area contributed by atoms with Crippen molar-refractivity contribution >= 4 is 28.5 Å². The first-order chi connectivity index (χ1) is 15.8. The maximum Gasteiger partial charge on any atom is 0.445 e. The molecule has 0 unspecified atom stereocenters. The Morgan fingerprint density at radius 1 is 1.03 bits per heavy atom. The normalized spacial score (nSPS) is 11.4. The van der Waals surface area contributed by atoms with Crippen molar-refractivity contribution in [3.8, 4) is 17.2 Å². The summed E-state index contributed by atoms with van der Waals surface area (Å²) in [7, 11) is 0. The van der Waals surface area contributed by atoms with Crippen LogP contribution in [0.25, 0.3) is 6.08 Å². The number of benzene rings is 2. The van der Waals surface area contributed by atoms with E-state index < -0.39 is 17.1 Å². The van der Waals surface area contributed by atoms with Gasteiger partial charge in [0, 0.05) is 6.08 Å². The second kappa shape index (κ2) is 11.3. The van der Waals surface area contributed by atoms with Crippen LogP contribution in [0.2, 0.25) is 0 Å².